The Balaban J connectivity index is 2.07. The normalized spacial score (nSPS) is 10.7. The zero-order chi connectivity index (χ0) is 16.8. The molecule has 0 unspecified atom stereocenters. The molecule has 4 nitrogen and oxygen atoms in total. The van der Waals surface area contributed by atoms with Crippen molar-refractivity contribution < 1.29 is 4.79 Å². The number of halogens is 2. The smallest absolute Gasteiger partial charge is 0.227 e. The van der Waals surface area contributed by atoms with E-state index in [1.54, 1.807) is 36.5 Å². The number of pyridine rings is 1. The molecule has 23 heavy (non-hydrogen) atoms. The van der Waals surface area contributed by atoms with Gasteiger partial charge in [-0.15, -0.1) is 0 Å². The second kappa shape index (κ2) is 8.18. The van der Waals surface area contributed by atoms with Crippen LogP contribution in [0, 0.1) is 5.92 Å². The Labute approximate surface area is 146 Å². The first-order valence-corrected chi connectivity index (χ1v) is 8.28. The molecule has 1 heterocycles. The number of rotatable bonds is 6. The van der Waals surface area contributed by atoms with Crippen LogP contribution in [0.1, 0.15) is 26.7 Å². The van der Waals surface area contributed by atoms with Crippen molar-refractivity contribution in [3.63, 3.8) is 0 Å². The molecule has 2 aromatic rings. The van der Waals surface area contributed by atoms with Gasteiger partial charge < -0.3 is 10.6 Å². The number of nitrogens with one attached hydrogen (secondary N) is 2. The van der Waals surface area contributed by atoms with Crippen molar-refractivity contribution in [1.29, 1.82) is 0 Å². The molecule has 6 heteroatoms. The van der Waals surface area contributed by atoms with Crippen LogP contribution >= 0.6 is 23.2 Å². The third kappa shape index (κ3) is 4.60. The van der Waals surface area contributed by atoms with Gasteiger partial charge in [0.2, 0.25) is 5.91 Å². The molecule has 0 aliphatic carbocycles. The molecule has 0 spiro atoms. The van der Waals surface area contributed by atoms with Crippen LogP contribution in [0.15, 0.2) is 36.5 Å². The van der Waals surface area contributed by atoms with Gasteiger partial charge in [0.1, 0.15) is 5.82 Å². The van der Waals surface area contributed by atoms with E-state index >= 15 is 0 Å². The van der Waals surface area contributed by atoms with Crippen molar-refractivity contribution >= 4 is 46.3 Å². The van der Waals surface area contributed by atoms with E-state index in [0.29, 0.717) is 27.2 Å². The third-order valence-corrected chi connectivity index (χ3v) is 4.23. The molecule has 0 aliphatic rings. The van der Waals surface area contributed by atoms with Gasteiger partial charge in [0, 0.05) is 5.92 Å². The van der Waals surface area contributed by atoms with Crippen LogP contribution in [-0.4, -0.2) is 10.9 Å². The number of aromatic nitrogens is 1. The number of carbonyl (C=O) groups is 1. The zero-order valence-corrected chi connectivity index (χ0v) is 14.6. The van der Waals surface area contributed by atoms with Crippen molar-refractivity contribution in [2.75, 3.05) is 10.6 Å². The first-order valence-electron chi connectivity index (χ1n) is 7.53. The molecule has 0 radical (unpaired) electrons. The Kier molecular flexibility index (Phi) is 6.25. The number of carbonyl (C=O) groups excluding carboxylic acids is 1. The molecule has 2 rings (SSSR count). The summed E-state index contributed by atoms with van der Waals surface area (Å²) in [7, 11) is 0. The van der Waals surface area contributed by atoms with E-state index in [0.717, 1.165) is 12.8 Å². The fraction of sp³-hybridized carbons (Fsp3) is 0.294. The molecule has 1 aromatic heterocycles. The highest BCUT2D eigenvalue weighted by Gasteiger charge is 2.14. The summed E-state index contributed by atoms with van der Waals surface area (Å²) < 4.78 is 0. The minimum absolute atomic E-state index is 0.0201. The van der Waals surface area contributed by atoms with E-state index in [1.165, 1.54) is 0 Å². The Hall–Kier alpha value is -1.78. The van der Waals surface area contributed by atoms with E-state index in [9.17, 15) is 4.79 Å². The molecule has 0 fully saturated rings. The summed E-state index contributed by atoms with van der Waals surface area (Å²) in [6, 6.07) is 8.84. The van der Waals surface area contributed by atoms with Crippen molar-refractivity contribution in [1.82, 2.24) is 4.98 Å². The van der Waals surface area contributed by atoms with Gasteiger partial charge in [0.25, 0.3) is 0 Å². The van der Waals surface area contributed by atoms with Crippen LogP contribution in [-0.2, 0) is 4.79 Å². The lowest BCUT2D eigenvalue weighted by atomic mass is 10.0. The number of hydrogen-bond donors (Lipinski definition) is 2. The van der Waals surface area contributed by atoms with Gasteiger partial charge in [0.15, 0.2) is 0 Å². The fourth-order valence-electron chi connectivity index (χ4n) is 2.19. The topological polar surface area (TPSA) is 54.0 Å². The summed E-state index contributed by atoms with van der Waals surface area (Å²) in [5.74, 6) is 0.641. The van der Waals surface area contributed by atoms with E-state index in [1.807, 2.05) is 13.8 Å². The van der Waals surface area contributed by atoms with Crippen molar-refractivity contribution in [2.45, 2.75) is 26.7 Å². The SMILES string of the molecule is CCC(CC)C(=O)Nc1ccc(Nc2c(Cl)cccc2Cl)nc1. The standard InChI is InChI=1S/C17H19Cl2N3O/c1-3-11(4-2)17(23)21-12-8-9-15(20-10-12)22-16-13(18)6-5-7-14(16)19/h5-11H,3-4H2,1-2H3,(H,20,22)(H,21,23). The summed E-state index contributed by atoms with van der Waals surface area (Å²) in [6.07, 6.45) is 3.24. The van der Waals surface area contributed by atoms with Gasteiger partial charge in [-0.1, -0.05) is 43.1 Å². The molecule has 0 bridgehead atoms. The fourth-order valence-corrected chi connectivity index (χ4v) is 2.68. The lowest BCUT2D eigenvalue weighted by Gasteiger charge is -2.13. The molecule has 0 saturated carbocycles. The monoisotopic (exact) mass is 351 g/mol. The maximum atomic E-state index is 12.1. The predicted octanol–water partition coefficient (Wildman–Crippen LogP) is 5.51. The predicted molar refractivity (Wildman–Crippen MR) is 96.7 cm³/mol. The molecule has 0 aliphatic heterocycles. The summed E-state index contributed by atoms with van der Waals surface area (Å²) in [4.78, 5) is 16.3. The van der Waals surface area contributed by atoms with Crippen LogP contribution in [0.2, 0.25) is 10.0 Å². The quantitative estimate of drug-likeness (QED) is 0.721. The minimum Gasteiger partial charge on any atom is -0.338 e. The second-order valence-electron chi connectivity index (χ2n) is 5.16. The Morgan fingerprint density at radius 3 is 2.30 bits per heavy atom. The van der Waals surface area contributed by atoms with Crippen LogP contribution in [0.4, 0.5) is 17.2 Å². The summed E-state index contributed by atoms with van der Waals surface area (Å²) in [6.45, 7) is 4.01. The van der Waals surface area contributed by atoms with Gasteiger partial charge in [-0.3, -0.25) is 4.79 Å². The van der Waals surface area contributed by atoms with E-state index in [-0.39, 0.29) is 11.8 Å². The highest BCUT2D eigenvalue weighted by Crippen LogP contribution is 2.32. The number of para-hydroxylation sites is 1. The molecular formula is C17H19Cl2N3O. The second-order valence-corrected chi connectivity index (χ2v) is 5.97. The van der Waals surface area contributed by atoms with Gasteiger partial charge in [-0.05, 0) is 37.1 Å². The van der Waals surface area contributed by atoms with Gasteiger partial charge in [-0.25, -0.2) is 4.98 Å². The van der Waals surface area contributed by atoms with Crippen LogP contribution in [0.25, 0.3) is 0 Å². The number of hydrogen-bond acceptors (Lipinski definition) is 3. The third-order valence-electron chi connectivity index (χ3n) is 3.60. The van der Waals surface area contributed by atoms with E-state index in [4.69, 9.17) is 23.2 Å². The molecular weight excluding hydrogens is 333 g/mol. The van der Waals surface area contributed by atoms with Gasteiger partial charge >= 0.3 is 0 Å². The zero-order valence-electron chi connectivity index (χ0n) is 13.1. The number of amides is 1. The first-order chi connectivity index (χ1) is 11.0. The van der Waals surface area contributed by atoms with Crippen molar-refractivity contribution in [2.24, 2.45) is 5.92 Å². The maximum absolute atomic E-state index is 12.1. The van der Waals surface area contributed by atoms with Crippen molar-refractivity contribution in [3.05, 3.63) is 46.6 Å². The molecule has 0 saturated heterocycles. The Morgan fingerprint density at radius 1 is 1.13 bits per heavy atom. The molecule has 1 aromatic carbocycles. The lowest BCUT2D eigenvalue weighted by molar-refractivity contribution is -0.120. The van der Waals surface area contributed by atoms with Crippen LogP contribution < -0.4 is 10.6 Å². The van der Waals surface area contributed by atoms with Crippen molar-refractivity contribution in [3.8, 4) is 0 Å². The Bertz CT molecular complexity index is 650. The Morgan fingerprint density at radius 2 is 1.78 bits per heavy atom. The number of anilines is 3. The maximum Gasteiger partial charge on any atom is 0.227 e. The van der Waals surface area contributed by atoms with Crippen LogP contribution in [0.5, 0.6) is 0 Å². The summed E-state index contributed by atoms with van der Waals surface area (Å²) in [5.41, 5.74) is 1.27. The average molecular weight is 352 g/mol. The molecule has 2 N–H and O–H groups in total. The molecule has 122 valence electrons. The highest BCUT2D eigenvalue weighted by atomic mass is 35.5. The minimum atomic E-state index is 0.0201. The van der Waals surface area contributed by atoms with Crippen LogP contribution in [0.3, 0.4) is 0 Å². The molecule has 1 amide bonds. The van der Waals surface area contributed by atoms with Gasteiger partial charge in [-0.2, -0.15) is 0 Å². The van der Waals surface area contributed by atoms with E-state index < -0.39 is 0 Å². The average Bonchev–Trinajstić information content (AvgIpc) is 2.54. The number of benzene rings is 1. The first kappa shape index (κ1) is 17.6. The summed E-state index contributed by atoms with van der Waals surface area (Å²) >= 11 is 12.2. The van der Waals surface area contributed by atoms with E-state index in [2.05, 4.69) is 15.6 Å². The summed E-state index contributed by atoms with van der Waals surface area (Å²) in [5, 5.41) is 6.99. The number of nitrogens with zero attached hydrogens (tertiary/aromatic N) is 1. The van der Waals surface area contributed by atoms with Gasteiger partial charge in [0.05, 0.1) is 27.6 Å². The highest BCUT2D eigenvalue weighted by molar-refractivity contribution is 6.39. The lowest BCUT2D eigenvalue weighted by Crippen LogP contribution is -2.21. The molecule has 0 atom stereocenters. The largest absolute Gasteiger partial charge is 0.338 e.